The number of carboxylic acid groups (broad SMARTS) is 3. The van der Waals surface area contributed by atoms with Gasteiger partial charge < -0.3 is 30.1 Å². The van der Waals surface area contributed by atoms with E-state index in [1.54, 1.807) is 0 Å². The van der Waals surface area contributed by atoms with Crippen LogP contribution < -0.4 is 0 Å². The Morgan fingerprint density at radius 3 is 1.32 bits per heavy atom. The van der Waals surface area contributed by atoms with Crippen LogP contribution in [0.1, 0.15) is 174 Å². The maximum atomic E-state index is 10.2. The van der Waals surface area contributed by atoms with E-state index in [4.69, 9.17) is 30.0 Å². The fraction of sp³-hybridized carbons (Fsp3) is 0.914. The van der Waals surface area contributed by atoms with Gasteiger partial charge in [0.2, 0.25) is 0 Å². The molecular weight excluding hydrogens is 562 g/mol. The number of ether oxygens (including phenoxy) is 1. The Morgan fingerprint density at radius 2 is 1.02 bits per heavy atom. The molecule has 0 aromatic carbocycles. The van der Waals surface area contributed by atoms with Crippen molar-refractivity contribution < 1.29 is 39.5 Å². The molecule has 1 heterocycles. The number of aliphatic carboxylic acids is 2. The minimum atomic E-state index is -0.659. The number of nitrogens with zero attached hydrogens (tertiary/aromatic N) is 1. The lowest BCUT2D eigenvalue weighted by Crippen LogP contribution is -2.14. The molecule has 1 saturated heterocycles. The zero-order valence-electron chi connectivity index (χ0n) is 29.0. The Hall–Kier alpha value is -1.71. The first-order chi connectivity index (χ1) is 21.1. The Kier molecular flexibility index (Phi) is 41.7. The summed E-state index contributed by atoms with van der Waals surface area (Å²) in [7, 11) is 4.19. The second-order valence-corrected chi connectivity index (χ2v) is 12.1. The molecule has 1 rings (SSSR count). The molecule has 0 radical (unpaired) electrons. The van der Waals surface area contributed by atoms with Gasteiger partial charge in [0, 0.05) is 19.3 Å². The predicted octanol–water partition coefficient (Wildman–Crippen LogP) is 8.90. The maximum absolute atomic E-state index is 10.2. The van der Waals surface area contributed by atoms with Crippen molar-refractivity contribution in [2.75, 3.05) is 20.6 Å². The van der Waals surface area contributed by atoms with Gasteiger partial charge >= 0.3 is 11.9 Å². The monoisotopic (exact) mass is 634 g/mol. The number of unbranched alkanes of at least 4 members (excludes halogenated alkanes) is 17. The van der Waals surface area contributed by atoms with Crippen LogP contribution >= 0.6 is 0 Å². The summed E-state index contributed by atoms with van der Waals surface area (Å²) in [5.74, 6) is -1.32. The first kappa shape index (κ1) is 46.7. The zero-order valence-corrected chi connectivity index (χ0v) is 29.0. The number of aliphatic hydroxyl groups is 1. The second-order valence-electron chi connectivity index (χ2n) is 12.1. The topological polar surface area (TPSA) is 145 Å². The van der Waals surface area contributed by atoms with E-state index in [0.717, 1.165) is 51.5 Å². The quantitative estimate of drug-likeness (QED) is 0.0572. The molecule has 0 aliphatic carbocycles. The van der Waals surface area contributed by atoms with Gasteiger partial charge in [0.05, 0.1) is 6.10 Å². The van der Waals surface area contributed by atoms with Gasteiger partial charge in [-0.25, -0.2) is 0 Å². The molecule has 0 saturated carbocycles. The lowest BCUT2D eigenvalue weighted by atomic mass is 10.1. The normalized spacial score (nSPS) is 15.3. The molecule has 2 atom stereocenters. The van der Waals surface area contributed by atoms with Crippen molar-refractivity contribution in [1.29, 1.82) is 0 Å². The predicted molar refractivity (Wildman–Crippen MR) is 180 cm³/mol. The van der Waals surface area contributed by atoms with Gasteiger partial charge in [-0.15, -0.1) is 0 Å². The standard InChI is InChI=1S/2C12H24O2.C10H21NO2.CH2O2/c2*1-2-3-4-5-6-7-8-9-10-11-12(13)14;1-11(2)8-4-3-5-9-6-7-10(12)13-9;2-1-3/h2*2-11H2,1H3,(H,13,14);9-10,12H,3-8H2,1-2H3;1H,(H,2,3)/t;;9?,10-;/m..1./s1. The molecule has 0 aromatic rings. The highest BCUT2D eigenvalue weighted by atomic mass is 16.6. The third-order valence-electron chi connectivity index (χ3n) is 7.45. The van der Waals surface area contributed by atoms with Gasteiger partial charge in [0.1, 0.15) is 0 Å². The van der Waals surface area contributed by atoms with E-state index < -0.39 is 18.2 Å². The Labute approximate surface area is 270 Å². The van der Waals surface area contributed by atoms with Crippen molar-refractivity contribution in [2.24, 2.45) is 0 Å². The smallest absolute Gasteiger partial charge is 0.303 e. The van der Waals surface area contributed by atoms with Crippen molar-refractivity contribution in [2.45, 2.75) is 187 Å². The third-order valence-corrected chi connectivity index (χ3v) is 7.45. The van der Waals surface area contributed by atoms with Crippen LogP contribution in [0, 0.1) is 0 Å². The summed E-state index contributed by atoms with van der Waals surface area (Å²) in [6, 6.07) is 0. The van der Waals surface area contributed by atoms with Gasteiger partial charge in [0.25, 0.3) is 6.47 Å². The fourth-order valence-electron chi connectivity index (χ4n) is 4.87. The number of aliphatic hydroxyl groups excluding tert-OH is 1. The molecule has 9 heteroatoms. The van der Waals surface area contributed by atoms with Crippen LogP contribution in [0.4, 0.5) is 0 Å². The van der Waals surface area contributed by atoms with Gasteiger partial charge in [-0.3, -0.25) is 14.4 Å². The average Bonchev–Trinajstić information content (AvgIpc) is 3.39. The summed E-state index contributed by atoms with van der Waals surface area (Å²) in [5.41, 5.74) is 0. The minimum absolute atomic E-state index is 0.250. The van der Waals surface area contributed by atoms with E-state index in [1.165, 1.54) is 103 Å². The van der Waals surface area contributed by atoms with Crippen molar-refractivity contribution in [3.8, 4) is 0 Å². The lowest BCUT2D eigenvalue weighted by Gasteiger charge is -2.12. The highest BCUT2D eigenvalue weighted by Crippen LogP contribution is 2.21. The molecule has 0 aromatic heterocycles. The third kappa shape index (κ3) is 47.2. The van der Waals surface area contributed by atoms with Crippen LogP contribution in [-0.2, 0) is 19.1 Å². The van der Waals surface area contributed by atoms with Crippen LogP contribution in [0.25, 0.3) is 0 Å². The van der Waals surface area contributed by atoms with Gasteiger partial charge in [0.15, 0.2) is 6.29 Å². The summed E-state index contributed by atoms with van der Waals surface area (Å²) >= 11 is 0. The van der Waals surface area contributed by atoms with Crippen LogP contribution in [0.15, 0.2) is 0 Å². The van der Waals surface area contributed by atoms with E-state index in [9.17, 15) is 9.59 Å². The summed E-state index contributed by atoms with van der Waals surface area (Å²) in [4.78, 5) is 31.0. The van der Waals surface area contributed by atoms with Crippen LogP contribution in [0.2, 0.25) is 0 Å². The molecule has 1 aliphatic heterocycles. The number of hydrogen-bond acceptors (Lipinski definition) is 6. The van der Waals surface area contributed by atoms with E-state index >= 15 is 0 Å². The van der Waals surface area contributed by atoms with Gasteiger partial charge in [-0.2, -0.15) is 0 Å². The summed E-state index contributed by atoms with van der Waals surface area (Å²) in [5, 5.41) is 32.8. The van der Waals surface area contributed by atoms with Gasteiger partial charge in [-0.05, 0) is 59.2 Å². The molecule has 0 bridgehead atoms. The number of rotatable bonds is 25. The molecule has 1 fully saturated rings. The van der Waals surface area contributed by atoms with E-state index in [0.29, 0.717) is 18.9 Å². The number of carbonyl (C=O) groups is 3. The number of carboxylic acids is 2. The summed E-state index contributed by atoms with van der Waals surface area (Å²) < 4.78 is 5.31. The fourth-order valence-corrected chi connectivity index (χ4v) is 4.87. The van der Waals surface area contributed by atoms with Crippen molar-refractivity contribution >= 4 is 18.4 Å². The number of hydrogen-bond donors (Lipinski definition) is 4. The SMILES string of the molecule is CCCCCCCCCCCC(=O)O.CCCCCCCCCCCC(=O)O.CN(C)CCCCC1CC[C@H](O)O1.O=CO. The molecule has 1 unspecified atom stereocenters. The molecule has 0 spiro atoms. The van der Waals surface area contributed by atoms with Crippen molar-refractivity contribution in [3.05, 3.63) is 0 Å². The van der Waals surface area contributed by atoms with Crippen LogP contribution in [0.3, 0.4) is 0 Å². The van der Waals surface area contributed by atoms with Crippen LogP contribution in [-0.4, -0.2) is 76.8 Å². The molecule has 44 heavy (non-hydrogen) atoms. The van der Waals surface area contributed by atoms with Crippen molar-refractivity contribution in [3.63, 3.8) is 0 Å². The zero-order chi connectivity index (χ0) is 33.7. The second kappa shape index (κ2) is 39.3. The minimum Gasteiger partial charge on any atom is -0.483 e. The van der Waals surface area contributed by atoms with Crippen LogP contribution in [0.5, 0.6) is 0 Å². The van der Waals surface area contributed by atoms with E-state index in [2.05, 4.69) is 32.8 Å². The van der Waals surface area contributed by atoms with E-state index in [-0.39, 0.29) is 6.47 Å². The van der Waals surface area contributed by atoms with E-state index in [1.807, 2.05) is 0 Å². The highest BCUT2D eigenvalue weighted by Gasteiger charge is 2.22. The Balaban J connectivity index is -0.000000547. The summed E-state index contributed by atoms with van der Waals surface area (Å²) in [6.45, 7) is 5.35. The first-order valence-corrected chi connectivity index (χ1v) is 17.6. The average molecular weight is 634 g/mol. The maximum Gasteiger partial charge on any atom is 0.303 e. The Morgan fingerprint density at radius 1 is 0.659 bits per heavy atom. The molecule has 264 valence electrons. The highest BCUT2D eigenvalue weighted by molar-refractivity contribution is 5.66. The lowest BCUT2D eigenvalue weighted by molar-refractivity contribution is -0.138. The first-order valence-electron chi connectivity index (χ1n) is 17.6. The van der Waals surface area contributed by atoms with Gasteiger partial charge in [-0.1, -0.05) is 117 Å². The Bertz CT molecular complexity index is 571. The molecule has 9 nitrogen and oxygen atoms in total. The van der Waals surface area contributed by atoms with Crippen molar-refractivity contribution in [1.82, 2.24) is 4.90 Å². The molecule has 1 aliphatic rings. The molecular formula is C35H71NO8. The summed E-state index contributed by atoms with van der Waals surface area (Å²) in [6.07, 6.45) is 28.2. The largest absolute Gasteiger partial charge is 0.483 e. The molecule has 4 N–H and O–H groups in total. The molecule has 0 amide bonds.